The number of carbonyl (C=O) groups is 1. The van der Waals surface area contributed by atoms with E-state index in [2.05, 4.69) is 25.8 Å². The lowest BCUT2D eigenvalue weighted by Gasteiger charge is -2.38. The number of carbonyl (C=O) groups excluding carboxylic acids is 1. The second-order valence-electron chi connectivity index (χ2n) is 10.2. The van der Waals surface area contributed by atoms with Crippen LogP contribution in [0.3, 0.4) is 0 Å². The summed E-state index contributed by atoms with van der Waals surface area (Å²) in [6.07, 6.45) is 0.941. The normalized spacial score (nSPS) is 30.4. The third-order valence-corrected chi connectivity index (χ3v) is 5.24. The number of aryl methyl sites for hydroxylation is 1. The van der Waals surface area contributed by atoms with Crippen LogP contribution in [-0.2, 0) is 14.3 Å². The summed E-state index contributed by atoms with van der Waals surface area (Å²) in [5.74, 6) is 0.0897. The van der Waals surface area contributed by atoms with Crippen molar-refractivity contribution in [1.29, 1.82) is 0 Å². The van der Waals surface area contributed by atoms with Crippen molar-refractivity contribution in [2.45, 2.75) is 84.5 Å². The van der Waals surface area contributed by atoms with Crippen LogP contribution in [0.1, 0.15) is 59.8 Å². The Morgan fingerprint density at radius 1 is 1.25 bits per heavy atom. The molecule has 1 amide bonds. The maximum absolute atomic E-state index is 13.2. The van der Waals surface area contributed by atoms with Crippen molar-refractivity contribution in [2.24, 2.45) is 5.41 Å². The standard InChI is InChI=1S/C20H32N4O4/c1-11-9-24(17(26)22-14(11)21)15-12-13(27-19(5,6)7)20(28-15,10-18(2,3)4)16(25)23(12)8/h9,12-13,15H,10H2,1-8H3,(H2,21,22,26)/t12-,13?,15+,20+/m0/s1. The Kier molecular flexibility index (Phi) is 4.67. The summed E-state index contributed by atoms with van der Waals surface area (Å²) >= 11 is 0. The third kappa shape index (κ3) is 3.33. The summed E-state index contributed by atoms with van der Waals surface area (Å²) in [6.45, 7) is 13.8. The topological polar surface area (TPSA) is 99.7 Å². The zero-order valence-electron chi connectivity index (χ0n) is 18.1. The van der Waals surface area contributed by atoms with Crippen molar-refractivity contribution >= 4 is 11.7 Å². The van der Waals surface area contributed by atoms with Crippen LogP contribution in [0.25, 0.3) is 0 Å². The van der Waals surface area contributed by atoms with Gasteiger partial charge in [-0.05, 0) is 39.5 Å². The molecule has 28 heavy (non-hydrogen) atoms. The van der Waals surface area contributed by atoms with E-state index in [1.165, 1.54) is 4.57 Å². The molecule has 8 nitrogen and oxygen atoms in total. The van der Waals surface area contributed by atoms with Crippen molar-refractivity contribution in [3.63, 3.8) is 0 Å². The minimum absolute atomic E-state index is 0.105. The van der Waals surface area contributed by atoms with E-state index in [-0.39, 0.29) is 17.1 Å². The predicted octanol–water partition coefficient (Wildman–Crippen LogP) is 1.86. The highest BCUT2D eigenvalue weighted by molar-refractivity contribution is 5.90. The first-order valence-corrected chi connectivity index (χ1v) is 9.64. The van der Waals surface area contributed by atoms with Crippen LogP contribution in [0.5, 0.6) is 0 Å². The van der Waals surface area contributed by atoms with Gasteiger partial charge in [-0.3, -0.25) is 9.36 Å². The molecule has 1 aromatic heterocycles. The number of rotatable bonds is 3. The summed E-state index contributed by atoms with van der Waals surface area (Å²) < 4.78 is 14.2. The van der Waals surface area contributed by atoms with E-state index in [1.54, 1.807) is 25.1 Å². The highest BCUT2D eigenvalue weighted by Crippen LogP contribution is 2.53. The van der Waals surface area contributed by atoms with Crippen molar-refractivity contribution in [3.05, 3.63) is 22.2 Å². The van der Waals surface area contributed by atoms with Crippen LogP contribution in [0.2, 0.25) is 0 Å². The largest absolute Gasteiger partial charge is 0.383 e. The van der Waals surface area contributed by atoms with Crippen LogP contribution in [0.15, 0.2) is 11.0 Å². The average Bonchev–Trinajstić information content (AvgIpc) is 2.88. The second-order valence-corrected chi connectivity index (χ2v) is 10.2. The van der Waals surface area contributed by atoms with Gasteiger partial charge in [0.1, 0.15) is 18.0 Å². The lowest BCUT2D eigenvalue weighted by Crippen LogP contribution is -2.52. The quantitative estimate of drug-likeness (QED) is 0.843. The Balaban J connectivity index is 2.14. The molecular formula is C20H32N4O4. The van der Waals surface area contributed by atoms with Gasteiger partial charge in [-0.1, -0.05) is 20.8 Å². The highest BCUT2D eigenvalue weighted by Gasteiger charge is 2.70. The molecule has 2 fully saturated rings. The molecule has 0 aliphatic carbocycles. The molecule has 2 bridgehead atoms. The molecule has 2 aliphatic heterocycles. The van der Waals surface area contributed by atoms with E-state index < -0.39 is 35.3 Å². The number of likely N-dealkylation sites (tertiary alicyclic amines) is 1. The van der Waals surface area contributed by atoms with E-state index >= 15 is 0 Å². The van der Waals surface area contributed by atoms with Crippen LogP contribution >= 0.6 is 0 Å². The fourth-order valence-corrected chi connectivity index (χ4v) is 4.31. The van der Waals surface area contributed by atoms with Gasteiger partial charge in [0.15, 0.2) is 11.8 Å². The summed E-state index contributed by atoms with van der Waals surface area (Å²) in [4.78, 5) is 31.4. The minimum atomic E-state index is -1.15. The van der Waals surface area contributed by atoms with Crippen LogP contribution in [0, 0.1) is 12.3 Å². The fourth-order valence-electron chi connectivity index (χ4n) is 4.31. The average molecular weight is 393 g/mol. The summed E-state index contributed by atoms with van der Waals surface area (Å²) in [5, 5.41) is 0. The Labute approximate surface area is 166 Å². The van der Waals surface area contributed by atoms with Gasteiger partial charge in [0.25, 0.3) is 5.91 Å². The summed E-state index contributed by atoms with van der Waals surface area (Å²) in [7, 11) is 1.74. The monoisotopic (exact) mass is 392 g/mol. The van der Waals surface area contributed by atoms with E-state index in [1.807, 2.05) is 20.8 Å². The van der Waals surface area contributed by atoms with Crippen molar-refractivity contribution in [3.8, 4) is 0 Å². The molecule has 156 valence electrons. The SMILES string of the molecule is Cc1cn([C@@H]2O[C@@]3(CC(C)(C)C)C(=O)N(C)[C@H]2C3OC(C)(C)C)c(=O)nc1N. The van der Waals surface area contributed by atoms with Gasteiger partial charge in [-0.15, -0.1) is 0 Å². The van der Waals surface area contributed by atoms with E-state index in [4.69, 9.17) is 15.2 Å². The predicted molar refractivity (Wildman–Crippen MR) is 106 cm³/mol. The minimum Gasteiger partial charge on any atom is -0.383 e. The molecule has 0 spiro atoms. The number of likely N-dealkylation sites (N-methyl/N-ethyl adjacent to an activating group) is 1. The first-order chi connectivity index (χ1) is 12.7. The van der Waals surface area contributed by atoms with Gasteiger partial charge in [0, 0.05) is 18.8 Å². The summed E-state index contributed by atoms with van der Waals surface area (Å²) in [5.41, 5.74) is 4.15. The van der Waals surface area contributed by atoms with Gasteiger partial charge in [0.2, 0.25) is 0 Å². The molecule has 2 saturated heterocycles. The van der Waals surface area contributed by atoms with Gasteiger partial charge in [-0.25, -0.2) is 4.79 Å². The zero-order valence-corrected chi connectivity index (χ0v) is 18.1. The van der Waals surface area contributed by atoms with Gasteiger partial charge in [0.05, 0.1) is 5.60 Å². The number of aromatic nitrogens is 2. The van der Waals surface area contributed by atoms with E-state index in [0.29, 0.717) is 12.0 Å². The summed E-state index contributed by atoms with van der Waals surface area (Å²) in [6, 6.07) is -0.434. The number of hydrogen-bond donors (Lipinski definition) is 1. The lowest BCUT2D eigenvalue weighted by molar-refractivity contribution is -0.186. The fraction of sp³-hybridized carbons (Fsp3) is 0.750. The molecule has 1 aromatic rings. The Morgan fingerprint density at radius 2 is 1.86 bits per heavy atom. The number of nitrogens with two attached hydrogens (primary N) is 1. The first kappa shape index (κ1) is 20.8. The molecular weight excluding hydrogens is 360 g/mol. The number of morpholine rings is 1. The maximum atomic E-state index is 13.2. The molecule has 0 aromatic carbocycles. The maximum Gasteiger partial charge on any atom is 0.351 e. The molecule has 0 saturated carbocycles. The third-order valence-electron chi connectivity index (χ3n) is 5.24. The van der Waals surface area contributed by atoms with Gasteiger partial charge in [-0.2, -0.15) is 4.98 Å². The lowest BCUT2D eigenvalue weighted by atomic mass is 9.79. The number of ether oxygens (including phenoxy) is 2. The van der Waals surface area contributed by atoms with Crippen molar-refractivity contribution in [1.82, 2.24) is 14.5 Å². The van der Waals surface area contributed by atoms with E-state index in [0.717, 1.165) is 0 Å². The Hall–Kier alpha value is -1.93. The van der Waals surface area contributed by atoms with E-state index in [9.17, 15) is 9.59 Å². The number of nitrogens with zero attached hydrogens (tertiary/aromatic N) is 3. The number of anilines is 1. The van der Waals surface area contributed by atoms with Crippen molar-refractivity contribution < 1.29 is 14.3 Å². The van der Waals surface area contributed by atoms with Gasteiger partial charge < -0.3 is 20.1 Å². The molecule has 8 heteroatoms. The molecule has 0 radical (unpaired) electrons. The number of fused-ring (bicyclic) bond motifs is 2. The highest BCUT2D eigenvalue weighted by atomic mass is 16.6. The van der Waals surface area contributed by atoms with Crippen LogP contribution < -0.4 is 11.4 Å². The zero-order chi connectivity index (χ0) is 21.2. The number of hydrogen-bond acceptors (Lipinski definition) is 6. The Morgan fingerprint density at radius 3 is 2.39 bits per heavy atom. The Bertz CT molecular complexity index is 851. The first-order valence-electron chi connectivity index (χ1n) is 9.64. The van der Waals surface area contributed by atoms with Crippen LogP contribution in [0.4, 0.5) is 5.82 Å². The molecule has 1 unspecified atom stereocenters. The van der Waals surface area contributed by atoms with Crippen LogP contribution in [-0.4, -0.2) is 50.8 Å². The molecule has 2 N–H and O–H groups in total. The second kappa shape index (κ2) is 6.29. The molecule has 2 aliphatic rings. The number of amides is 1. The molecule has 3 heterocycles. The number of nitrogen functional groups attached to an aromatic ring is 1. The van der Waals surface area contributed by atoms with Gasteiger partial charge >= 0.3 is 5.69 Å². The molecule has 3 rings (SSSR count). The smallest absolute Gasteiger partial charge is 0.351 e. The molecule has 4 atom stereocenters. The van der Waals surface area contributed by atoms with Crippen molar-refractivity contribution in [2.75, 3.05) is 12.8 Å².